The lowest BCUT2D eigenvalue weighted by atomic mass is 10.1. The third-order valence-electron chi connectivity index (χ3n) is 4.40. The first-order valence-electron chi connectivity index (χ1n) is 9.43. The molecule has 0 aliphatic rings. The average Bonchev–Trinajstić information content (AvgIpc) is 2.68. The van der Waals surface area contributed by atoms with Gasteiger partial charge in [0.15, 0.2) is 0 Å². The number of carbonyl (C=O) groups excluding carboxylic acids is 1. The van der Waals surface area contributed by atoms with E-state index in [1.54, 1.807) is 31.4 Å². The normalized spacial score (nSPS) is 11.1. The van der Waals surface area contributed by atoms with E-state index in [1.165, 1.54) is 4.31 Å². The minimum Gasteiger partial charge on any atom is -0.496 e. The number of hydrogen-bond acceptors (Lipinski definition) is 4. The van der Waals surface area contributed by atoms with E-state index < -0.39 is 10.0 Å². The summed E-state index contributed by atoms with van der Waals surface area (Å²) in [6, 6.07) is 14.5. The maximum absolute atomic E-state index is 12.1. The van der Waals surface area contributed by atoms with Crippen molar-refractivity contribution in [3.8, 4) is 5.75 Å². The van der Waals surface area contributed by atoms with Crippen LogP contribution in [0.5, 0.6) is 5.75 Å². The molecule has 0 fully saturated rings. The van der Waals surface area contributed by atoms with Gasteiger partial charge in [-0.15, -0.1) is 0 Å². The maximum atomic E-state index is 12.1. The highest BCUT2D eigenvalue weighted by Gasteiger charge is 2.17. The number of halogens is 1. The number of nitrogens with one attached hydrogen (secondary N) is 1. The molecule has 0 spiro atoms. The predicted octanol–water partition coefficient (Wildman–Crippen LogP) is 3.64. The Hall–Kier alpha value is -2.25. The van der Waals surface area contributed by atoms with Crippen LogP contribution in [0.25, 0.3) is 0 Å². The van der Waals surface area contributed by atoms with Crippen molar-refractivity contribution in [3.63, 3.8) is 0 Å². The summed E-state index contributed by atoms with van der Waals surface area (Å²) < 4.78 is 30.8. The lowest BCUT2D eigenvalue weighted by molar-refractivity contribution is -0.121. The fourth-order valence-corrected chi connectivity index (χ4v) is 4.15. The molecule has 1 amide bonds. The number of nitrogens with zero attached hydrogens (tertiary/aromatic N) is 1. The fraction of sp³-hybridized carbons (Fsp3) is 0.381. The van der Waals surface area contributed by atoms with Crippen molar-refractivity contribution in [1.82, 2.24) is 5.32 Å². The molecule has 2 aromatic rings. The van der Waals surface area contributed by atoms with Crippen molar-refractivity contribution >= 4 is 33.2 Å². The van der Waals surface area contributed by atoms with Gasteiger partial charge in [0, 0.05) is 24.5 Å². The highest BCUT2D eigenvalue weighted by atomic mass is 35.5. The van der Waals surface area contributed by atoms with Gasteiger partial charge in [-0.3, -0.25) is 9.10 Å². The zero-order valence-corrected chi connectivity index (χ0v) is 18.3. The highest BCUT2D eigenvalue weighted by molar-refractivity contribution is 7.92. The second kappa shape index (κ2) is 11.1. The molecule has 0 unspecified atom stereocenters. The summed E-state index contributed by atoms with van der Waals surface area (Å²) >= 11 is 5.96. The quantitative estimate of drug-likeness (QED) is 0.543. The summed E-state index contributed by atoms with van der Waals surface area (Å²) in [6.07, 6.45) is 3.41. The van der Waals surface area contributed by atoms with E-state index in [-0.39, 0.29) is 18.9 Å². The van der Waals surface area contributed by atoms with Crippen molar-refractivity contribution in [2.75, 3.05) is 30.8 Å². The molecule has 0 aliphatic carbocycles. The maximum Gasteiger partial charge on any atom is 0.232 e. The Kier molecular flexibility index (Phi) is 8.79. The number of methoxy groups -OCH3 is 1. The van der Waals surface area contributed by atoms with Crippen molar-refractivity contribution in [1.29, 1.82) is 0 Å². The summed E-state index contributed by atoms with van der Waals surface area (Å²) in [5, 5.41) is 3.34. The van der Waals surface area contributed by atoms with Gasteiger partial charge in [0.25, 0.3) is 0 Å². The van der Waals surface area contributed by atoms with Crippen LogP contribution in [0.1, 0.15) is 24.8 Å². The third kappa shape index (κ3) is 7.59. The zero-order valence-electron chi connectivity index (χ0n) is 16.7. The van der Waals surface area contributed by atoms with Gasteiger partial charge in [-0.25, -0.2) is 8.42 Å². The Morgan fingerprint density at radius 1 is 1.14 bits per heavy atom. The van der Waals surface area contributed by atoms with Gasteiger partial charge >= 0.3 is 0 Å². The van der Waals surface area contributed by atoms with Crippen molar-refractivity contribution in [2.24, 2.45) is 0 Å². The largest absolute Gasteiger partial charge is 0.496 e. The van der Waals surface area contributed by atoms with Crippen LogP contribution in [0.3, 0.4) is 0 Å². The number of rotatable bonds is 11. The Balaban J connectivity index is 1.76. The van der Waals surface area contributed by atoms with Gasteiger partial charge in [-0.1, -0.05) is 35.9 Å². The van der Waals surface area contributed by atoms with Gasteiger partial charge in [-0.05, 0) is 49.1 Å². The molecule has 0 aromatic heterocycles. The van der Waals surface area contributed by atoms with Crippen LogP contribution in [0.4, 0.5) is 5.69 Å². The summed E-state index contributed by atoms with van der Waals surface area (Å²) in [4.78, 5) is 12.1. The number of para-hydroxylation sites is 1. The first-order valence-corrected chi connectivity index (χ1v) is 11.7. The van der Waals surface area contributed by atoms with Crippen LogP contribution in [0, 0.1) is 0 Å². The molecule has 29 heavy (non-hydrogen) atoms. The van der Waals surface area contributed by atoms with Crippen molar-refractivity contribution in [2.45, 2.75) is 25.7 Å². The number of carbonyl (C=O) groups is 1. The standard InChI is InChI=1S/C21H27ClN2O4S/c1-28-20-12-4-3-8-17(20)9-6-14-23-21(25)13-7-15-24(29(2,26)27)19-11-5-10-18(22)16-19/h3-5,8,10-12,16H,6-7,9,13-15H2,1-2H3,(H,23,25). The molecular weight excluding hydrogens is 412 g/mol. The predicted molar refractivity (Wildman–Crippen MR) is 117 cm³/mol. The lowest BCUT2D eigenvalue weighted by Crippen LogP contribution is -2.32. The van der Waals surface area contributed by atoms with E-state index in [9.17, 15) is 13.2 Å². The Morgan fingerprint density at radius 3 is 2.59 bits per heavy atom. The SMILES string of the molecule is COc1ccccc1CCCNC(=O)CCCN(c1cccc(Cl)c1)S(C)(=O)=O. The summed E-state index contributed by atoms with van der Waals surface area (Å²) in [6.45, 7) is 0.773. The van der Waals surface area contributed by atoms with Crippen LogP contribution in [-0.2, 0) is 21.2 Å². The molecular formula is C21H27ClN2O4S. The summed E-state index contributed by atoms with van der Waals surface area (Å²) in [7, 11) is -1.82. The average molecular weight is 439 g/mol. The van der Waals surface area contributed by atoms with E-state index in [2.05, 4.69) is 5.32 Å². The number of amides is 1. The lowest BCUT2D eigenvalue weighted by Gasteiger charge is -2.22. The summed E-state index contributed by atoms with van der Waals surface area (Å²) in [5.41, 5.74) is 1.60. The fourth-order valence-electron chi connectivity index (χ4n) is 3.01. The minimum atomic E-state index is -3.46. The van der Waals surface area contributed by atoms with Gasteiger partial charge < -0.3 is 10.1 Å². The van der Waals surface area contributed by atoms with E-state index >= 15 is 0 Å². The van der Waals surface area contributed by atoms with Gasteiger partial charge in [0.1, 0.15) is 5.75 Å². The van der Waals surface area contributed by atoms with Crippen molar-refractivity contribution < 1.29 is 17.9 Å². The first-order chi connectivity index (χ1) is 13.8. The topological polar surface area (TPSA) is 75.7 Å². The molecule has 6 nitrogen and oxygen atoms in total. The second-order valence-corrected chi connectivity index (χ2v) is 9.03. The molecule has 0 saturated carbocycles. The number of anilines is 1. The second-order valence-electron chi connectivity index (χ2n) is 6.68. The molecule has 0 radical (unpaired) electrons. The number of benzene rings is 2. The summed E-state index contributed by atoms with van der Waals surface area (Å²) in [5.74, 6) is 0.755. The molecule has 2 aromatic carbocycles. The molecule has 0 aliphatic heterocycles. The highest BCUT2D eigenvalue weighted by Crippen LogP contribution is 2.22. The molecule has 0 heterocycles. The molecule has 0 atom stereocenters. The van der Waals surface area contributed by atoms with Gasteiger partial charge in [-0.2, -0.15) is 0 Å². The van der Waals surface area contributed by atoms with E-state index in [0.717, 1.165) is 30.4 Å². The van der Waals surface area contributed by atoms with Crippen LogP contribution in [-0.4, -0.2) is 40.8 Å². The van der Waals surface area contributed by atoms with Crippen LogP contribution >= 0.6 is 11.6 Å². The Morgan fingerprint density at radius 2 is 1.90 bits per heavy atom. The van der Waals surface area contributed by atoms with Crippen LogP contribution in [0.15, 0.2) is 48.5 Å². The molecule has 2 rings (SSSR count). The third-order valence-corrected chi connectivity index (χ3v) is 5.83. The van der Waals surface area contributed by atoms with E-state index in [0.29, 0.717) is 23.7 Å². The van der Waals surface area contributed by atoms with Crippen LogP contribution < -0.4 is 14.4 Å². The van der Waals surface area contributed by atoms with E-state index in [1.807, 2.05) is 24.3 Å². The van der Waals surface area contributed by atoms with Crippen LogP contribution in [0.2, 0.25) is 5.02 Å². The molecule has 0 saturated heterocycles. The molecule has 158 valence electrons. The van der Waals surface area contributed by atoms with Crippen molar-refractivity contribution in [3.05, 3.63) is 59.1 Å². The number of ether oxygens (including phenoxy) is 1. The number of sulfonamides is 1. The number of aryl methyl sites for hydroxylation is 1. The van der Waals surface area contributed by atoms with E-state index in [4.69, 9.17) is 16.3 Å². The van der Waals surface area contributed by atoms with Gasteiger partial charge in [0.2, 0.25) is 15.9 Å². The number of hydrogen-bond donors (Lipinski definition) is 1. The Labute approximate surface area is 177 Å². The molecule has 0 bridgehead atoms. The minimum absolute atomic E-state index is 0.0930. The molecule has 1 N–H and O–H groups in total. The molecule has 8 heteroatoms. The zero-order chi connectivity index (χ0) is 21.3. The Bertz CT molecular complexity index is 918. The monoisotopic (exact) mass is 438 g/mol. The first kappa shape index (κ1) is 23.0. The smallest absolute Gasteiger partial charge is 0.232 e. The van der Waals surface area contributed by atoms with Gasteiger partial charge in [0.05, 0.1) is 19.1 Å².